The van der Waals surface area contributed by atoms with Gasteiger partial charge in [-0.25, -0.2) is 4.98 Å². The zero-order chi connectivity index (χ0) is 16.6. The van der Waals surface area contributed by atoms with Gasteiger partial charge in [-0.05, 0) is 27.2 Å². The van der Waals surface area contributed by atoms with Crippen LogP contribution in [-0.2, 0) is 17.8 Å². The molecule has 0 N–H and O–H groups in total. The molecule has 23 heavy (non-hydrogen) atoms. The molecule has 0 aliphatic carbocycles. The first kappa shape index (κ1) is 15.8. The van der Waals surface area contributed by atoms with Gasteiger partial charge in [-0.1, -0.05) is 12.1 Å². The van der Waals surface area contributed by atoms with E-state index < -0.39 is 0 Å². The maximum absolute atomic E-state index is 12.4. The van der Waals surface area contributed by atoms with Gasteiger partial charge in [0.05, 0.1) is 18.0 Å². The lowest BCUT2D eigenvalue weighted by Crippen LogP contribution is -2.50. The highest BCUT2D eigenvalue weighted by atomic mass is 16.5. The second-order valence-electron chi connectivity index (χ2n) is 6.38. The number of carbonyl (C=O) groups is 1. The molecular weight excluding hydrogens is 292 g/mol. The van der Waals surface area contributed by atoms with E-state index in [1.807, 2.05) is 24.9 Å². The Labute approximate surface area is 136 Å². The molecule has 0 unspecified atom stereocenters. The van der Waals surface area contributed by atoms with Crippen LogP contribution in [0.5, 0.6) is 0 Å². The number of amides is 1. The van der Waals surface area contributed by atoms with Crippen molar-refractivity contribution in [3.8, 4) is 0 Å². The van der Waals surface area contributed by atoms with Crippen LogP contribution < -0.4 is 0 Å². The lowest BCUT2D eigenvalue weighted by molar-refractivity contribution is -0.135. The molecule has 0 aromatic carbocycles. The summed E-state index contributed by atoms with van der Waals surface area (Å²) in [4.78, 5) is 18.9. The first-order valence-electron chi connectivity index (χ1n) is 8.22. The van der Waals surface area contributed by atoms with Gasteiger partial charge in [-0.3, -0.25) is 4.79 Å². The summed E-state index contributed by atoms with van der Waals surface area (Å²) in [6.45, 7) is 10.5. The first-order chi connectivity index (χ1) is 11.0. The maximum Gasteiger partial charge on any atom is 0.227 e. The predicted octanol–water partition coefficient (Wildman–Crippen LogP) is 2.37. The second kappa shape index (κ2) is 6.18. The molecule has 3 heterocycles. The lowest BCUT2D eigenvalue weighted by Gasteiger charge is -2.39. The summed E-state index contributed by atoms with van der Waals surface area (Å²) in [5.41, 5.74) is 2.92. The zero-order valence-electron chi connectivity index (χ0n) is 14.3. The summed E-state index contributed by atoms with van der Waals surface area (Å²) < 4.78 is 7.41. The Hall–Kier alpha value is -2.11. The summed E-state index contributed by atoms with van der Waals surface area (Å²) in [5.74, 6) is 2.35. The van der Waals surface area contributed by atoms with Crippen LogP contribution in [0.1, 0.15) is 47.8 Å². The van der Waals surface area contributed by atoms with Crippen LogP contribution in [0.25, 0.3) is 0 Å². The number of hydrogen-bond acceptors (Lipinski definition) is 4. The molecule has 2 aromatic heterocycles. The van der Waals surface area contributed by atoms with Crippen molar-refractivity contribution in [2.75, 3.05) is 13.1 Å². The van der Waals surface area contributed by atoms with E-state index in [9.17, 15) is 4.79 Å². The van der Waals surface area contributed by atoms with Crippen LogP contribution in [0.4, 0.5) is 0 Å². The molecule has 0 atom stereocenters. The predicted molar refractivity (Wildman–Crippen MR) is 86.3 cm³/mol. The first-order valence-corrected chi connectivity index (χ1v) is 8.22. The van der Waals surface area contributed by atoms with Gasteiger partial charge >= 0.3 is 0 Å². The van der Waals surface area contributed by atoms with Crippen molar-refractivity contribution in [2.45, 2.75) is 53.0 Å². The van der Waals surface area contributed by atoms with Crippen LogP contribution in [0, 0.1) is 20.8 Å². The molecule has 0 radical (unpaired) electrons. The van der Waals surface area contributed by atoms with Gasteiger partial charge in [-0.2, -0.15) is 0 Å². The molecule has 1 aliphatic heterocycles. The largest absolute Gasteiger partial charge is 0.361 e. The third-order valence-corrected chi connectivity index (χ3v) is 4.64. The van der Waals surface area contributed by atoms with Gasteiger partial charge in [-0.15, -0.1) is 0 Å². The van der Waals surface area contributed by atoms with E-state index in [2.05, 4.69) is 28.6 Å². The SMILES string of the molecule is CCCn1c(C)cnc1C1CN(C(=O)Cc2c(C)noc2C)C1. The van der Waals surface area contributed by atoms with Gasteiger partial charge in [0.25, 0.3) is 0 Å². The second-order valence-corrected chi connectivity index (χ2v) is 6.38. The standard InChI is InChI=1S/C17H24N4O2/c1-5-6-21-11(2)8-18-17(21)14-9-20(10-14)16(22)7-15-12(3)19-23-13(15)4/h8,14H,5-7,9-10H2,1-4H3. The highest BCUT2D eigenvalue weighted by Gasteiger charge is 2.35. The number of aromatic nitrogens is 3. The van der Waals surface area contributed by atoms with Gasteiger partial charge in [0.1, 0.15) is 11.6 Å². The van der Waals surface area contributed by atoms with Crippen molar-refractivity contribution < 1.29 is 9.32 Å². The average molecular weight is 316 g/mol. The Bertz CT molecular complexity index is 691. The Morgan fingerprint density at radius 1 is 1.35 bits per heavy atom. The number of imidazole rings is 1. The Morgan fingerprint density at radius 2 is 2.09 bits per heavy atom. The van der Waals surface area contributed by atoms with E-state index >= 15 is 0 Å². The van der Waals surface area contributed by atoms with Gasteiger partial charge in [0.2, 0.25) is 5.91 Å². The zero-order valence-corrected chi connectivity index (χ0v) is 14.3. The van der Waals surface area contributed by atoms with E-state index in [1.165, 1.54) is 5.69 Å². The molecule has 6 heteroatoms. The van der Waals surface area contributed by atoms with E-state index in [0.29, 0.717) is 12.3 Å². The molecule has 2 aromatic rings. The van der Waals surface area contributed by atoms with Crippen LogP contribution in [0.3, 0.4) is 0 Å². The van der Waals surface area contributed by atoms with E-state index in [0.717, 1.165) is 48.9 Å². The number of likely N-dealkylation sites (tertiary alicyclic amines) is 1. The summed E-state index contributed by atoms with van der Waals surface area (Å²) in [5, 5.41) is 3.91. The third-order valence-electron chi connectivity index (χ3n) is 4.64. The molecule has 6 nitrogen and oxygen atoms in total. The van der Waals surface area contributed by atoms with Crippen molar-refractivity contribution in [1.29, 1.82) is 0 Å². The number of rotatable bonds is 5. The average Bonchev–Trinajstić information content (AvgIpc) is 2.97. The minimum atomic E-state index is 0.140. The van der Waals surface area contributed by atoms with Crippen molar-refractivity contribution in [3.05, 3.63) is 34.7 Å². The highest BCUT2D eigenvalue weighted by molar-refractivity contribution is 5.80. The summed E-state index contributed by atoms with van der Waals surface area (Å²) >= 11 is 0. The fraction of sp³-hybridized carbons (Fsp3) is 0.588. The van der Waals surface area contributed by atoms with Crippen molar-refractivity contribution in [2.24, 2.45) is 0 Å². The topological polar surface area (TPSA) is 64.2 Å². The van der Waals surface area contributed by atoms with Gasteiger partial charge < -0.3 is 14.0 Å². The monoisotopic (exact) mass is 316 g/mol. The van der Waals surface area contributed by atoms with Gasteiger partial charge in [0, 0.05) is 37.1 Å². The van der Waals surface area contributed by atoms with Crippen molar-refractivity contribution in [3.63, 3.8) is 0 Å². The van der Waals surface area contributed by atoms with E-state index in [4.69, 9.17) is 4.52 Å². The molecule has 0 spiro atoms. The fourth-order valence-electron chi connectivity index (χ4n) is 3.18. The molecule has 3 rings (SSSR count). The molecule has 1 fully saturated rings. The fourth-order valence-corrected chi connectivity index (χ4v) is 3.18. The molecule has 124 valence electrons. The lowest BCUT2D eigenvalue weighted by atomic mass is 9.97. The summed E-state index contributed by atoms with van der Waals surface area (Å²) in [6, 6.07) is 0. The molecule has 1 saturated heterocycles. The van der Waals surface area contributed by atoms with E-state index in [1.54, 1.807) is 0 Å². The normalized spacial score (nSPS) is 15.0. The van der Waals surface area contributed by atoms with Crippen LogP contribution in [-0.4, -0.2) is 38.6 Å². The third kappa shape index (κ3) is 2.90. The van der Waals surface area contributed by atoms with Crippen molar-refractivity contribution >= 4 is 5.91 Å². The minimum Gasteiger partial charge on any atom is -0.361 e. The Balaban J connectivity index is 1.62. The summed E-state index contributed by atoms with van der Waals surface area (Å²) in [6.07, 6.45) is 3.39. The maximum atomic E-state index is 12.4. The molecule has 0 saturated carbocycles. The summed E-state index contributed by atoms with van der Waals surface area (Å²) in [7, 11) is 0. The minimum absolute atomic E-state index is 0.140. The van der Waals surface area contributed by atoms with Crippen LogP contribution in [0.15, 0.2) is 10.7 Å². The smallest absolute Gasteiger partial charge is 0.227 e. The number of nitrogens with zero attached hydrogens (tertiary/aromatic N) is 4. The number of hydrogen-bond donors (Lipinski definition) is 0. The van der Waals surface area contributed by atoms with Crippen LogP contribution >= 0.6 is 0 Å². The number of aryl methyl sites for hydroxylation is 3. The highest BCUT2D eigenvalue weighted by Crippen LogP contribution is 2.28. The molecular formula is C17H24N4O2. The number of carbonyl (C=O) groups excluding carboxylic acids is 1. The molecule has 1 aliphatic rings. The van der Waals surface area contributed by atoms with Crippen LogP contribution in [0.2, 0.25) is 0 Å². The Kier molecular flexibility index (Phi) is 4.24. The molecule has 1 amide bonds. The quantitative estimate of drug-likeness (QED) is 0.849. The van der Waals surface area contributed by atoms with Gasteiger partial charge in [0.15, 0.2) is 0 Å². The van der Waals surface area contributed by atoms with E-state index in [-0.39, 0.29) is 5.91 Å². The van der Waals surface area contributed by atoms with Crippen molar-refractivity contribution in [1.82, 2.24) is 19.6 Å². The molecule has 0 bridgehead atoms. The Morgan fingerprint density at radius 3 is 2.70 bits per heavy atom.